The molecule has 0 aromatic carbocycles. The van der Waals surface area contributed by atoms with E-state index >= 15 is 0 Å². The van der Waals surface area contributed by atoms with Gasteiger partial charge in [-0.25, -0.2) is 13.6 Å². The fourth-order valence-corrected chi connectivity index (χ4v) is 0.778. The number of hydrogen-bond acceptors (Lipinski definition) is 2. The lowest BCUT2D eigenvalue weighted by Gasteiger charge is -2.23. The topological polar surface area (TPSA) is 67.2 Å². The van der Waals surface area contributed by atoms with E-state index in [0.29, 0.717) is 6.54 Å². The first-order valence-corrected chi connectivity index (χ1v) is 4.49. The normalized spacial score (nSPS) is 15.0. The molecule has 0 rings (SSSR count). The van der Waals surface area contributed by atoms with Crippen LogP contribution in [0, 0.1) is 0 Å². The molecule has 2 amide bonds. The van der Waals surface area contributed by atoms with Gasteiger partial charge in [0.1, 0.15) is 0 Å². The second-order valence-electron chi connectivity index (χ2n) is 3.34. The van der Waals surface area contributed by atoms with Crippen LogP contribution >= 0.6 is 0 Å². The summed E-state index contributed by atoms with van der Waals surface area (Å²) in [4.78, 5) is 10.8. The van der Waals surface area contributed by atoms with Crippen LogP contribution in [0.2, 0.25) is 0 Å². The molecule has 0 radical (unpaired) electrons. The maximum atomic E-state index is 12.2. The summed E-state index contributed by atoms with van der Waals surface area (Å²) in [6.45, 7) is 3.67. The molecule has 4 nitrogen and oxygen atoms in total. The molecule has 0 aromatic heterocycles. The Hall–Kier alpha value is -0.910. The van der Waals surface area contributed by atoms with Crippen molar-refractivity contribution in [3.8, 4) is 0 Å². The molecule has 0 saturated carbocycles. The number of hydrogen-bond donors (Lipinski definition) is 3. The summed E-state index contributed by atoms with van der Waals surface area (Å²) in [6.07, 6.45) is -2.54. The Morgan fingerprint density at radius 2 is 2.07 bits per heavy atom. The maximum Gasteiger partial charge on any atom is 0.314 e. The monoisotopic (exact) mass is 209 g/mol. The summed E-state index contributed by atoms with van der Waals surface area (Å²) in [6, 6.07) is -0.363. The van der Waals surface area contributed by atoms with Crippen molar-refractivity contribution in [1.82, 2.24) is 10.6 Å². The van der Waals surface area contributed by atoms with E-state index in [2.05, 4.69) is 10.6 Å². The molecule has 4 N–H and O–H groups in total. The second-order valence-corrected chi connectivity index (χ2v) is 3.34. The predicted octanol–water partition coefficient (Wildman–Crippen LogP) is 0.678. The first-order valence-electron chi connectivity index (χ1n) is 4.49. The van der Waals surface area contributed by atoms with E-state index in [1.54, 1.807) is 6.92 Å². The smallest absolute Gasteiger partial charge is 0.314 e. The van der Waals surface area contributed by atoms with E-state index in [0.717, 1.165) is 0 Å². The summed E-state index contributed by atoms with van der Waals surface area (Å²) >= 11 is 0. The average molecular weight is 209 g/mol. The Bertz CT molecular complexity index is 185. The van der Waals surface area contributed by atoms with Crippen LogP contribution in [-0.2, 0) is 0 Å². The highest BCUT2D eigenvalue weighted by Crippen LogP contribution is 2.14. The van der Waals surface area contributed by atoms with Crippen molar-refractivity contribution in [3.63, 3.8) is 0 Å². The van der Waals surface area contributed by atoms with Crippen LogP contribution in [-0.4, -0.2) is 31.1 Å². The van der Waals surface area contributed by atoms with Crippen LogP contribution in [0.1, 0.15) is 20.3 Å². The van der Waals surface area contributed by atoms with Crippen molar-refractivity contribution < 1.29 is 13.6 Å². The number of alkyl halides is 2. The summed E-state index contributed by atoms with van der Waals surface area (Å²) in [5.41, 5.74) is 3.76. The van der Waals surface area contributed by atoms with Gasteiger partial charge in [0.25, 0.3) is 6.43 Å². The van der Waals surface area contributed by atoms with Gasteiger partial charge in [-0.1, -0.05) is 0 Å². The molecule has 0 bridgehead atoms. The molecule has 0 aromatic rings. The third-order valence-corrected chi connectivity index (χ3v) is 1.79. The fraction of sp³-hybridized carbons (Fsp3) is 0.875. The number of carbonyl (C=O) groups is 1. The van der Waals surface area contributed by atoms with E-state index in [4.69, 9.17) is 5.73 Å². The molecule has 1 atom stereocenters. The molecule has 6 heteroatoms. The third kappa shape index (κ3) is 4.96. The zero-order chi connectivity index (χ0) is 11.2. The Balaban J connectivity index is 3.68. The van der Waals surface area contributed by atoms with Crippen molar-refractivity contribution >= 4 is 6.03 Å². The van der Waals surface area contributed by atoms with Crippen molar-refractivity contribution in [2.24, 2.45) is 5.73 Å². The van der Waals surface area contributed by atoms with Gasteiger partial charge in [-0.3, -0.25) is 0 Å². The van der Waals surface area contributed by atoms with Gasteiger partial charge in [0.2, 0.25) is 0 Å². The highest BCUT2D eigenvalue weighted by Gasteiger charge is 2.29. The molecule has 0 aliphatic heterocycles. The van der Waals surface area contributed by atoms with E-state index in [1.807, 2.05) is 0 Å². The Kier molecular flexibility index (Phi) is 5.37. The fourth-order valence-electron chi connectivity index (χ4n) is 0.778. The number of urea groups is 1. The summed E-state index contributed by atoms with van der Waals surface area (Å²) in [5.74, 6) is 0. The molecular formula is C8H17F2N3O. The minimum Gasteiger partial charge on any atom is -0.338 e. The average Bonchev–Trinajstić information content (AvgIpc) is 2.04. The maximum absolute atomic E-state index is 12.2. The summed E-state index contributed by atoms with van der Waals surface area (Å²) in [5, 5.41) is 4.91. The minimum absolute atomic E-state index is 0.0435. The van der Waals surface area contributed by atoms with Crippen molar-refractivity contribution in [2.75, 3.05) is 13.1 Å². The van der Waals surface area contributed by atoms with Crippen molar-refractivity contribution in [1.29, 1.82) is 0 Å². The molecule has 0 fully saturated rings. The molecule has 0 heterocycles. The van der Waals surface area contributed by atoms with Crippen LogP contribution in [0.15, 0.2) is 0 Å². The van der Waals surface area contributed by atoms with Gasteiger partial charge < -0.3 is 16.4 Å². The zero-order valence-electron chi connectivity index (χ0n) is 8.44. The first-order chi connectivity index (χ1) is 6.40. The summed E-state index contributed by atoms with van der Waals surface area (Å²) in [7, 11) is 0. The number of amides is 2. The van der Waals surface area contributed by atoms with Gasteiger partial charge in [0.15, 0.2) is 0 Å². The zero-order valence-corrected chi connectivity index (χ0v) is 8.44. The van der Waals surface area contributed by atoms with E-state index in [1.165, 1.54) is 6.92 Å². The largest absolute Gasteiger partial charge is 0.338 e. The molecule has 0 spiro atoms. The van der Waals surface area contributed by atoms with Crippen LogP contribution in [0.3, 0.4) is 0 Å². The third-order valence-electron chi connectivity index (χ3n) is 1.79. The van der Waals surface area contributed by atoms with E-state index < -0.39 is 12.0 Å². The molecular weight excluding hydrogens is 192 g/mol. The second kappa shape index (κ2) is 5.74. The highest BCUT2D eigenvalue weighted by molar-refractivity contribution is 5.73. The number of nitrogens with one attached hydrogen (secondary N) is 2. The first kappa shape index (κ1) is 13.1. The summed E-state index contributed by atoms with van der Waals surface area (Å²) < 4.78 is 24.5. The lowest BCUT2D eigenvalue weighted by atomic mass is 10.0. The number of nitrogens with two attached hydrogens (primary N) is 1. The standard InChI is InChI=1S/C8H17F2N3O/c1-3-12-7(14)13-5-4-8(2,11)6(9)10/h6H,3-5,11H2,1-2H3,(H2,12,13,14). The van der Waals surface area contributed by atoms with Crippen LogP contribution in [0.25, 0.3) is 0 Å². The quantitative estimate of drug-likeness (QED) is 0.623. The van der Waals surface area contributed by atoms with E-state index in [9.17, 15) is 13.6 Å². The van der Waals surface area contributed by atoms with Gasteiger partial charge in [0.05, 0.1) is 5.54 Å². The minimum atomic E-state index is -2.58. The lowest BCUT2D eigenvalue weighted by molar-refractivity contribution is 0.0593. The predicted molar refractivity (Wildman–Crippen MR) is 50.3 cm³/mol. The Labute approximate surface area is 82.2 Å². The van der Waals surface area contributed by atoms with Crippen molar-refractivity contribution in [3.05, 3.63) is 0 Å². The number of carbonyl (C=O) groups excluding carboxylic acids is 1. The number of rotatable bonds is 5. The molecule has 0 aliphatic rings. The Morgan fingerprint density at radius 1 is 1.50 bits per heavy atom. The van der Waals surface area contributed by atoms with E-state index in [-0.39, 0.29) is 19.0 Å². The van der Waals surface area contributed by atoms with Gasteiger partial charge in [-0.15, -0.1) is 0 Å². The Morgan fingerprint density at radius 3 is 2.50 bits per heavy atom. The molecule has 1 unspecified atom stereocenters. The highest BCUT2D eigenvalue weighted by atomic mass is 19.3. The molecule has 0 aliphatic carbocycles. The molecule has 14 heavy (non-hydrogen) atoms. The SMILES string of the molecule is CCNC(=O)NCCC(C)(N)C(F)F. The van der Waals surface area contributed by atoms with Gasteiger partial charge in [0, 0.05) is 13.1 Å². The number of halogens is 2. The van der Waals surface area contributed by atoms with Gasteiger partial charge in [-0.2, -0.15) is 0 Å². The molecule has 0 saturated heterocycles. The van der Waals surface area contributed by atoms with Gasteiger partial charge in [-0.05, 0) is 20.3 Å². The van der Waals surface area contributed by atoms with Crippen LogP contribution in [0.4, 0.5) is 13.6 Å². The van der Waals surface area contributed by atoms with Crippen molar-refractivity contribution in [2.45, 2.75) is 32.2 Å². The molecule has 84 valence electrons. The van der Waals surface area contributed by atoms with Crippen LogP contribution < -0.4 is 16.4 Å². The van der Waals surface area contributed by atoms with Gasteiger partial charge >= 0.3 is 6.03 Å². The lowest BCUT2D eigenvalue weighted by Crippen LogP contribution is -2.47. The van der Waals surface area contributed by atoms with Crippen LogP contribution in [0.5, 0.6) is 0 Å².